The zero-order valence-corrected chi connectivity index (χ0v) is 14.2. The lowest BCUT2D eigenvalue weighted by atomic mass is 10.1. The molecular formula is C19H24FN3O. The molecule has 0 bridgehead atoms. The third kappa shape index (κ3) is 3.36. The van der Waals surface area contributed by atoms with Crippen LogP contribution in [0.15, 0.2) is 24.3 Å². The van der Waals surface area contributed by atoms with Gasteiger partial charge in [0.15, 0.2) is 0 Å². The number of carbonyl (C=O) groups excluding carboxylic acids is 1. The van der Waals surface area contributed by atoms with Crippen molar-refractivity contribution in [2.24, 2.45) is 12.8 Å². The summed E-state index contributed by atoms with van der Waals surface area (Å²) in [6, 6.07) is 6.77. The van der Waals surface area contributed by atoms with Crippen LogP contribution in [0.3, 0.4) is 0 Å². The Bertz CT molecular complexity index is 762. The van der Waals surface area contributed by atoms with Crippen molar-refractivity contribution in [1.82, 2.24) is 4.57 Å². The van der Waals surface area contributed by atoms with Gasteiger partial charge in [-0.3, -0.25) is 4.79 Å². The average molecular weight is 329 g/mol. The van der Waals surface area contributed by atoms with Crippen LogP contribution >= 0.6 is 0 Å². The van der Waals surface area contributed by atoms with Crippen molar-refractivity contribution in [3.63, 3.8) is 0 Å². The van der Waals surface area contributed by atoms with E-state index in [0.717, 1.165) is 24.1 Å². The lowest BCUT2D eigenvalue weighted by molar-refractivity contribution is 0.102. The Hall–Kier alpha value is -2.14. The molecule has 24 heavy (non-hydrogen) atoms. The monoisotopic (exact) mass is 329 g/mol. The minimum absolute atomic E-state index is 0.228. The van der Waals surface area contributed by atoms with Gasteiger partial charge in [0.25, 0.3) is 5.91 Å². The number of amides is 1. The molecule has 1 aromatic heterocycles. The molecule has 1 fully saturated rings. The van der Waals surface area contributed by atoms with Gasteiger partial charge >= 0.3 is 0 Å². The number of benzene rings is 1. The number of nitrogens with zero attached hydrogens (tertiary/aromatic N) is 1. The minimum atomic E-state index is -0.421. The highest BCUT2D eigenvalue weighted by atomic mass is 19.1. The van der Waals surface area contributed by atoms with E-state index in [1.54, 1.807) is 12.1 Å². The fraction of sp³-hybridized carbons (Fsp3) is 0.421. The van der Waals surface area contributed by atoms with E-state index < -0.39 is 5.82 Å². The first kappa shape index (κ1) is 16.7. The number of rotatable bonds is 6. The van der Waals surface area contributed by atoms with Crippen molar-refractivity contribution in [3.8, 4) is 0 Å². The minimum Gasteiger partial charge on any atom is -0.351 e. The predicted octanol–water partition coefficient (Wildman–Crippen LogP) is 3.49. The summed E-state index contributed by atoms with van der Waals surface area (Å²) < 4.78 is 16.1. The quantitative estimate of drug-likeness (QED) is 0.852. The van der Waals surface area contributed by atoms with Crippen LogP contribution < -0.4 is 11.1 Å². The Morgan fingerprint density at radius 1 is 1.38 bits per heavy atom. The maximum Gasteiger partial charge on any atom is 0.257 e. The van der Waals surface area contributed by atoms with E-state index in [4.69, 9.17) is 5.73 Å². The normalized spacial score (nSPS) is 14.0. The standard InChI is InChI=1S/C19H24FN3O/c1-12-15(11-18(23(12)2)14-6-7-14)19(24)22-17-10-13(4-3-9-21)5-8-16(17)20/h5,8,10-11,14H,3-4,6-7,9,21H2,1-2H3,(H,22,24). The van der Waals surface area contributed by atoms with Crippen LogP contribution in [-0.2, 0) is 13.5 Å². The summed E-state index contributed by atoms with van der Waals surface area (Å²) in [5.41, 5.74) is 9.44. The fourth-order valence-corrected chi connectivity index (χ4v) is 3.04. The first-order chi connectivity index (χ1) is 11.5. The van der Waals surface area contributed by atoms with Gasteiger partial charge in [-0.1, -0.05) is 6.07 Å². The van der Waals surface area contributed by atoms with Crippen LogP contribution in [0.4, 0.5) is 10.1 Å². The van der Waals surface area contributed by atoms with Crippen LogP contribution in [-0.4, -0.2) is 17.0 Å². The molecule has 3 N–H and O–H groups in total. The van der Waals surface area contributed by atoms with Gasteiger partial charge in [0, 0.05) is 18.4 Å². The maximum absolute atomic E-state index is 14.0. The number of halogens is 1. The van der Waals surface area contributed by atoms with Crippen molar-refractivity contribution in [1.29, 1.82) is 0 Å². The SMILES string of the molecule is Cc1c(C(=O)Nc2cc(CCCN)ccc2F)cc(C2CC2)n1C. The van der Waals surface area contributed by atoms with E-state index in [2.05, 4.69) is 9.88 Å². The van der Waals surface area contributed by atoms with Gasteiger partial charge in [0.2, 0.25) is 0 Å². The first-order valence-electron chi connectivity index (χ1n) is 8.47. The maximum atomic E-state index is 14.0. The van der Waals surface area contributed by atoms with Gasteiger partial charge < -0.3 is 15.6 Å². The summed E-state index contributed by atoms with van der Waals surface area (Å²) in [6.07, 6.45) is 3.96. The van der Waals surface area contributed by atoms with Crippen LogP contribution in [0.1, 0.15) is 52.5 Å². The molecule has 0 spiro atoms. The van der Waals surface area contributed by atoms with Crippen LogP contribution in [0.2, 0.25) is 0 Å². The van der Waals surface area contributed by atoms with Crippen molar-refractivity contribution in [2.45, 2.75) is 38.5 Å². The number of hydrogen-bond donors (Lipinski definition) is 2. The Balaban J connectivity index is 1.81. The summed E-state index contributed by atoms with van der Waals surface area (Å²) in [5, 5.41) is 2.73. The number of nitrogens with two attached hydrogens (primary N) is 1. The van der Waals surface area contributed by atoms with Crippen LogP contribution in [0.25, 0.3) is 0 Å². The van der Waals surface area contributed by atoms with Crippen molar-refractivity contribution in [2.75, 3.05) is 11.9 Å². The molecule has 0 saturated heterocycles. The van der Waals surface area contributed by atoms with Gasteiger partial charge in [-0.2, -0.15) is 0 Å². The number of carbonyl (C=O) groups is 1. The molecule has 1 amide bonds. The van der Waals surface area contributed by atoms with Gasteiger partial charge in [0.05, 0.1) is 11.3 Å². The van der Waals surface area contributed by atoms with Gasteiger partial charge in [0.1, 0.15) is 5.82 Å². The molecule has 5 heteroatoms. The molecule has 128 valence electrons. The van der Waals surface area contributed by atoms with E-state index in [9.17, 15) is 9.18 Å². The second-order valence-electron chi connectivity index (χ2n) is 6.56. The molecule has 1 aliphatic rings. The molecule has 1 aromatic carbocycles. The van der Waals surface area contributed by atoms with Gasteiger partial charge in [-0.15, -0.1) is 0 Å². The van der Waals surface area contributed by atoms with E-state index in [0.29, 0.717) is 18.0 Å². The lowest BCUT2D eigenvalue weighted by Gasteiger charge is -2.09. The molecule has 0 unspecified atom stereocenters. The topological polar surface area (TPSA) is 60.1 Å². The number of nitrogens with one attached hydrogen (secondary N) is 1. The number of hydrogen-bond acceptors (Lipinski definition) is 2. The second kappa shape index (κ2) is 6.77. The highest BCUT2D eigenvalue weighted by Crippen LogP contribution is 2.41. The Morgan fingerprint density at radius 2 is 2.12 bits per heavy atom. The predicted molar refractivity (Wildman–Crippen MR) is 93.9 cm³/mol. The Morgan fingerprint density at radius 3 is 2.79 bits per heavy atom. The molecule has 0 radical (unpaired) electrons. The molecule has 1 heterocycles. The third-order valence-corrected chi connectivity index (χ3v) is 4.76. The van der Waals surface area contributed by atoms with Crippen molar-refractivity contribution >= 4 is 11.6 Å². The molecule has 1 aliphatic carbocycles. The summed E-state index contributed by atoms with van der Waals surface area (Å²) in [5.74, 6) is -0.118. The zero-order valence-electron chi connectivity index (χ0n) is 14.2. The average Bonchev–Trinajstić information content (AvgIpc) is 3.36. The number of aromatic nitrogens is 1. The smallest absolute Gasteiger partial charge is 0.257 e. The fourth-order valence-electron chi connectivity index (χ4n) is 3.04. The van der Waals surface area contributed by atoms with E-state index in [-0.39, 0.29) is 11.6 Å². The lowest BCUT2D eigenvalue weighted by Crippen LogP contribution is -2.14. The molecule has 3 rings (SSSR count). The Labute approximate surface area is 141 Å². The van der Waals surface area contributed by atoms with Gasteiger partial charge in [-0.05, 0) is 68.8 Å². The molecule has 0 atom stereocenters. The first-order valence-corrected chi connectivity index (χ1v) is 8.47. The highest BCUT2D eigenvalue weighted by Gasteiger charge is 2.29. The van der Waals surface area contributed by atoms with Gasteiger partial charge in [-0.25, -0.2) is 4.39 Å². The van der Waals surface area contributed by atoms with E-state index in [1.807, 2.05) is 20.0 Å². The molecule has 1 saturated carbocycles. The summed E-state index contributed by atoms with van der Waals surface area (Å²) in [4.78, 5) is 12.6. The third-order valence-electron chi connectivity index (χ3n) is 4.76. The second-order valence-corrected chi connectivity index (χ2v) is 6.56. The van der Waals surface area contributed by atoms with Crippen molar-refractivity contribution < 1.29 is 9.18 Å². The summed E-state index contributed by atoms with van der Waals surface area (Å²) in [6.45, 7) is 2.51. The van der Waals surface area contributed by atoms with E-state index in [1.165, 1.54) is 24.6 Å². The molecule has 4 nitrogen and oxygen atoms in total. The summed E-state index contributed by atoms with van der Waals surface area (Å²) >= 11 is 0. The largest absolute Gasteiger partial charge is 0.351 e. The number of anilines is 1. The molecule has 2 aromatic rings. The Kier molecular flexibility index (Phi) is 4.71. The zero-order chi connectivity index (χ0) is 17.3. The summed E-state index contributed by atoms with van der Waals surface area (Å²) in [7, 11) is 1.98. The highest BCUT2D eigenvalue weighted by molar-refractivity contribution is 6.05. The van der Waals surface area contributed by atoms with Crippen molar-refractivity contribution in [3.05, 3.63) is 52.6 Å². The number of aryl methyl sites for hydroxylation is 1. The molecule has 0 aliphatic heterocycles. The molecular weight excluding hydrogens is 305 g/mol. The van der Waals surface area contributed by atoms with Crippen LogP contribution in [0, 0.1) is 12.7 Å². The van der Waals surface area contributed by atoms with Crippen LogP contribution in [0.5, 0.6) is 0 Å². The van der Waals surface area contributed by atoms with E-state index >= 15 is 0 Å².